The van der Waals surface area contributed by atoms with Crippen molar-refractivity contribution in [1.29, 1.82) is 0 Å². The Kier molecular flexibility index (Phi) is 6.30. The van der Waals surface area contributed by atoms with Gasteiger partial charge in [-0.25, -0.2) is 9.78 Å². The third-order valence-corrected chi connectivity index (χ3v) is 5.27. The van der Waals surface area contributed by atoms with Crippen LogP contribution in [0.1, 0.15) is 11.5 Å². The molecule has 2 aromatic heterocycles. The molecule has 1 fully saturated rings. The zero-order valence-corrected chi connectivity index (χ0v) is 17.7. The molecule has 162 valence electrons. The van der Waals surface area contributed by atoms with Crippen LogP contribution in [0.3, 0.4) is 0 Å². The predicted octanol–water partition coefficient (Wildman–Crippen LogP) is 2.52. The number of nitrogens with zero attached hydrogens (tertiary/aromatic N) is 5. The number of hydrogen-bond donors (Lipinski definition) is 1. The minimum Gasteiger partial charge on any atom is -0.497 e. The van der Waals surface area contributed by atoms with Crippen LogP contribution in [-0.2, 0) is 6.42 Å². The highest BCUT2D eigenvalue weighted by molar-refractivity contribution is 5.74. The molecule has 9 nitrogen and oxygen atoms in total. The van der Waals surface area contributed by atoms with E-state index in [9.17, 15) is 4.79 Å². The number of aryl methyl sites for hydroxylation is 1. The molecule has 0 saturated carbocycles. The number of carbonyl (C=O) groups excluding carboxylic acids is 1. The molecule has 0 atom stereocenters. The highest BCUT2D eigenvalue weighted by atomic mass is 16.5. The minimum atomic E-state index is -0.0241. The van der Waals surface area contributed by atoms with E-state index in [2.05, 4.69) is 25.3 Å². The van der Waals surface area contributed by atoms with Crippen molar-refractivity contribution in [3.8, 4) is 17.1 Å². The van der Waals surface area contributed by atoms with Gasteiger partial charge in [0.25, 0.3) is 0 Å². The molecule has 0 aliphatic carbocycles. The summed E-state index contributed by atoms with van der Waals surface area (Å²) in [5, 5.41) is 6.92. The number of aromatic nitrogens is 3. The van der Waals surface area contributed by atoms with Crippen molar-refractivity contribution in [2.24, 2.45) is 0 Å². The maximum atomic E-state index is 12.5. The lowest BCUT2D eigenvalue weighted by Gasteiger charge is -2.35. The number of hydrogen-bond acceptors (Lipinski definition) is 7. The lowest BCUT2D eigenvalue weighted by atomic mass is 10.1. The molecule has 1 aliphatic heterocycles. The first-order valence-electron chi connectivity index (χ1n) is 10.3. The molecule has 3 aromatic rings. The van der Waals surface area contributed by atoms with Crippen molar-refractivity contribution in [3.05, 3.63) is 54.0 Å². The van der Waals surface area contributed by atoms with Crippen molar-refractivity contribution in [3.63, 3.8) is 0 Å². The summed E-state index contributed by atoms with van der Waals surface area (Å²) in [6.45, 7) is 5.14. The van der Waals surface area contributed by atoms with Gasteiger partial charge in [-0.15, -0.1) is 0 Å². The standard InChI is InChI=1S/C22H26N6O3/c1-16-25-21(26-31-16)18-5-8-20(24-15-18)27-11-13-28(14-12-27)22(29)23-10-9-17-3-6-19(30-2)7-4-17/h3-8,15H,9-14H2,1-2H3,(H,23,29). The molecule has 0 bridgehead atoms. The number of methoxy groups -OCH3 is 1. The normalized spacial score (nSPS) is 13.9. The SMILES string of the molecule is COc1ccc(CCNC(=O)N2CCN(c3ccc(-c4noc(C)n4)cn3)CC2)cc1. The second-order valence-electron chi connectivity index (χ2n) is 7.35. The third kappa shape index (κ3) is 5.11. The van der Waals surface area contributed by atoms with E-state index in [-0.39, 0.29) is 6.03 Å². The second kappa shape index (κ2) is 9.46. The number of anilines is 1. The summed E-state index contributed by atoms with van der Waals surface area (Å²) < 4.78 is 10.2. The Labute approximate surface area is 181 Å². The summed E-state index contributed by atoms with van der Waals surface area (Å²) in [6.07, 6.45) is 2.53. The molecule has 3 heterocycles. The number of piperazine rings is 1. The number of benzene rings is 1. The molecule has 31 heavy (non-hydrogen) atoms. The van der Waals surface area contributed by atoms with Gasteiger partial charge >= 0.3 is 6.03 Å². The minimum absolute atomic E-state index is 0.0241. The Morgan fingerprint density at radius 2 is 1.90 bits per heavy atom. The van der Waals surface area contributed by atoms with E-state index in [1.165, 1.54) is 0 Å². The molecule has 0 radical (unpaired) electrons. The molecule has 2 amide bonds. The van der Waals surface area contributed by atoms with Crippen molar-refractivity contribution in [1.82, 2.24) is 25.3 Å². The Balaban J connectivity index is 1.22. The molecule has 0 spiro atoms. The van der Waals surface area contributed by atoms with Crippen LogP contribution in [0.15, 0.2) is 47.1 Å². The largest absolute Gasteiger partial charge is 0.497 e. The number of rotatable bonds is 6. The first-order valence-corrected chi connectivity index (χ1v) is 10.3. The first-order chi connectivity index (χ1) is 15.1. The smallest absolute Gasteiger partial charge is 0.317 e. The first kappa shape index (κ1) is 20.6. The van der Waals surface area contributed by atoms with Gasteiger partial charge in [0.15, 0.2) is 0 Å². The summed E-state index contributed by atoms with van der Waals surface area (Å²) in [7, 11) is 1.65. The Bertz CT molecular complexity index is 995. The summed E-state index contributed by atoms with van der Waals surface area (Å²) in [5.41, 5.74) is 1.98. The topological polar surface area (TPSA) is 96.6 Å². The van der Waals surface area contributed by atoms with E-state index >= 15 is 0 Å². The fraction of sp³-hybridized carbons (Fsp3) is 0.364. The van der Waals surface area contributed by atoms with Crippen LogP contribution in [0, 0.1) is 6.92 Å². The van der Waals surface area contributed by atoms with Gasteiger partial charge in [0.2, 0.25) is 11.7 Å². The van der Waals surface area contributed by atoms with E-state index in [1.807, 2.05) is 41.3 Å². The van der Waals surface area contributed by atoms with Gasteiger partial charge in [-0.3, -0.25) is 0 Å². The van der Waals surface area contributed by atoms with Gasteiger partial charge in [0, 0.05) is 51.4 Å². The molecular weight excluding hydrogens is 396 g/mol. The quantitative estimate of drug-likeness (QED) is 0.652. The number of nitrogens with one attached hydrogen (secondary N) is 1. The highest BCUT2D eigenvalue weighted by Gasteiger charge is 2.21. The highest BCUT2D eigenvalue weighted by Crippen LogP contribution is 2.19. The lowest BCUT2D eigenvalue weighted by Crippen LogP contribution is -2.52. The molecule has 1 aliphatic rings. The van der Waals surface area contributed by atoms with Crippen molar-refractivity contribution in [2.75, 3.05) is 44.7 Å². The molecule has 1 aromatic carbocycles. The van der Waals surface area contributed by atoms with E-state index in [0.717, 1.165) is 42.2 Å². The fourth-order valence-electron chi connectivity index (χ4n) is 3.48. The van der Waals surface area contributed by atoms with Crippen LogP contribution in [0.25, 0.3) is 11.4 Å². The van der Waals surface area contributed by atoms with Crippen molar-refractivity contribution < 1.29 is 14.1 Å². The Hall–Kier alpha value is -3.62. The van der Waals surface area contributed by atoms with E-state index in [0.29, 0.717) is 31.3 Å². The Morgan fingerprint density at radius 3 is 2.52 bits per heavy atom. The number of amides is 2. The molecule has 1 N–H and O–H groups in total. The third-order valence-electron chi connectivity index (χ3n) is 5.27. The van der Waals surface area contributed by atoms with E-state index < -0.39 is 0 Å². The van der Waals surface area contributed by atoms with Gasteiger partial charge in [0.1, 0.15) is 11.6 Å². The molecule has 4 rings (SSSR count). The van der Waals surface area contributed by atoms with Gasteiger partial charge in [0.05, 0.1) is 7.11 Å². The fourth-order valence-corrected chi connectivity index (χ4v) is 3.48. The molecular formula is C22H26N6O3. The van der Waals surface area contributed by atoms with Crippen molar-refractivity contribution in [2.45, 2.75) is 13.3 Å². The number of pyridine rings is 1. The summed E-state index contributed by atoms with van der Waals surface area (Å²) >= 11 is 0. The Morgan fingerprint density at radius 1 is 1.13 bits per heavy atom. The molecule has 0 unspecified atom stereocenters. The zero-order chi connectivity index (χ0) is 21.6. The van der Waals surface area contributed by atoms with Gasteiger partial charge < -0.3 is 24.4 Å². The summed E-state index contributed by atoms with van der Waals surface area (Å²) in [6, 6.07) is 11.8. The average Bonchev–Trinajstić information content (AvgIpc) is 3.26. The van der Waals surface area contributed by atoms with Crippen LogP contribution in [0.4, 0.5) is 10.6 Å². The monoisotopic (exact) mass is 422 g/mol. The van der Waals surface area contributed by atoms with Gasteiger partial charge in [-0.2, -0.15) is 4.98 Å². The van der Waals surface area contributed by atoms with Crippen LogP contribution in [0.2, 0.25) is 0 Å². The number of urea groups is 1. The van der Waals surface area contributed by atoms with Gasteiger partial charge in [-0.1, -0.05) is 17.3 Å². The van der Waals surface area contributed by atoms with E-state index in [4.69, 9.17) is 9.26 Å². The lowest BCUT2D eigenvalue weighted by molar-refractivity contribution is 0.194. The predicted molar refractivity (Wildman–Crippen MR) is 116 cm³/mol. The summed E-state index contributed by atoms with van der Waals surface area (Å²) in [5.74, 6) is 2.77. The number of ether oxygens (including phenoxy) is 1. The maximum absolute atomic E-state index is 12.5. The van der Waals surface area contributed by atoms with Crippen LogP contribution in [0.5, 0.6) is 5.75 Å². The van der Waals surface area contributed by atoms with E-state index in [1.54, 1.807) is 20.2 Å². The summed E-state index contributed by atoms with van der Waals surface area (Å²) in [4.78, 5) is 25.2. The van der Waals surface area contributed by atoms with Gasteiger partial charge in [-0.05, 0) is 36.2 Å². The van der Waals surface area contributed by atoms with Crippen LogP contribution >= 0.6 is 0 Å². The van der Waals surface area contributed by atoms with Crippen molar-refractivity contribution >= 4 is 11.8 Å². The molecule has 1 saturated heterocycles. The maximum Gasteiger partial charge on any atom is 0.317 e. The van der Waals surface area contributed by atoms with Crippen LogP contribution < -0.4 is 15.0 Å². The zero-order valence-electron chi connectivity index (χ0n) is 17.7. The number of carbonyl (C=O) groups is 1. The van der Waals surface area contributed by atoms with Crippen LogP contribution in [-0.4, -0.2) is 65.9 Å². The second-order valence-corrected chi connectivity index (χ2v) is 7.35. The average molecular weight is 422 g/mol. The molecule has 9 heteroatoms.